The van der Waals surface area contributed by atoms with Crippen LogP contribution in [-0.4, -0.2) is 7.11 Å². The van der Waals surface area contributed by atoms with E-state index in [2.05, 4.69) is 59.4 Å². The summed E-state index contributed by atoms with van der Waals surface area (Å²) in [6.07, 6.45) is 0. The van der Waals surface area contributed by atoms with Gasteiger partial charge in [-0.25, -0.2) is 0 Å². The van der Waals surface area contributed by atoms with Gasteiger partial charge in [0, 0.05) is 17.0 Å². The maximum Gasteiger partial charge on any atom is 0.118 e. The standard InChI is InChI=1S/C15H18BrNOS/c1-10(12-4-6-13(18-3)7-5-12)17-11(2)14-8-9-15(16)19-14/h4-11,17H,1-3H3/t10-,11?/m1/s1. The van der Waals surface area contributed by atoms with Gasteiger partial charge in [0.2, 0.25) is 0 Å². The molecular formula is C15H18BrNOS. The number of thiophene rings is 1. The van der Waals surface area contributed by atoms with Crippen molar-refractivity contribution in [2.75, 3.05) is 7.11 Å². The van der Waals surface area contributed by atoms with Crippen LogP contribution in [0.1, 0.15) is 36.4 Å². The normalized spacial score (nSPS) is 14.1. The van der Waals surface area contributed by atoms with E-state index in [-0.39, 0.29) is 0 Å². The van der Waals surface area contributed by atoms with Gasteiger partial charge >= 0.3 is 0 Å². The van der Waals surface area contributed by atoms with E-state index in [1.165, 1.54) is 14.2 Å². The van der Waals surface area contributed by atoms with Crippen LogP contribution in [0.15, 0.2) is 40.2 Å². The molecule has 1 N–H and O–H groups in total. The molecule has 2 aromatic rings. The first-order valence-corrected chi connectivity index (χ1v) is 7.86. The molecule has 2 nitrogen and oxygen atoms in total. The molecule has 1 aromatic heterocycles. The highest BCUT2D eigenvalue weighted by Crippen LogP contribution is 2.29. The smallest absolute Gasteiger partial charge is 0.118 e. The lowest BCUT2D eigenvalue weighted by Crippen LogP contribution is -2.21. The molecule has 2 rings (SSSR count). The molecule has 0 saturated heterocycles. The first kappa shape index (κ1) is 14.6. The Balaban J connectivity index is 2.01. The lowest BCUT2D eigenvalue weighted by molar-refractivity contribution is 0.414. The fourth-order valence-corrected chi connectivity index (χ4v) is 3.44. The van der Waals surface area contributed by atoms with Crippen molar-refractivity contribution in [2.24, 2.45) is 0 Å². The Labute approximate surface area is 126 Å². The molecule has 1 unspecified atom stereocenters. The molecule has 1 heterocycles. The highest BCUT2D eigenvalue weighted by atomic mass is 79.9. The summed E-state index contributed by atoms with van der Waals surface area (Å²) in [6.45, 7) is 4.37. The van der Waals surface area contributed by atoms with E-state index in [0.717, 1.165) is 5.75 Å². The van der Waals surface area contributed by atoms with Crippen molar-refractivity contribution >= 4 is 27.3 Å². The molecule has 2 atom stereocenters. The largest absolute Gasteiger partial charge is 0.497 e. The molecule has 0 bridgehead atoms. The van der Waals surface area contributed by atoms with Crippen LogP contribution in [0.2, 0.25) is 0 Å². The summed E-state index contributed by atoms with van der Waals surface area (Å²) in [4.78, 5) is 1.34. The van der Waals surface area contributed by atoms with Crippen LogP contribution in [0.3, 0.4) is 0 Å². The van der Waals surface area contributed by atoms with Gasteiger partial charge in [-0.15, -0.1) is 11.3 Å². The lowest BCUT2D eigenvalue weighted by Gasteiger charge is -2.19. The molecule has 102 valence electrons. The fourth-order valence-electron chi connectivity index (χ4n) is 2.01. The average Bonchev–Trinajstić information content (AvgIpc) is 2.85. The van der Waals surface area contributed by atoms with Crippen LogP contribution in [0.4, 0.5) is 0 Å². The third-order valence-electron chi connectivity index (χ3n) is 3.14. The van der Waals surface area contributed by atoms with Crippen LogP contribution >= 0.6 is 27.3 Å². The summed E-state index contributed by atoms with van der Waals surface area (Å²) >= 11 is 5.28. The monoisotopic (exact) mass is 339 g/mol. The number of methoxy groups -OCH3 is 1. The summed E-state index contributed by atoms with van der Waals surface area (Å²) in [6, 6.07) is 13.1. The van der Waals surface area contributed by atoms with Crippen LogP contribution in [0.5, 0.6) is 5.75 Å². The highest BCUT2D eigenvalue weighted by Gasteiger charge is 2.12. The Hall–Kier alpha value is -0.840. The van der Waals surface area contributed by atoms with Crippen molar-refractivity contribution in [3.8, 4) is 5.75 Å². The molecule has 0 aliphatic rings. The minimum atomic E-state index is 0.307. The highest BCUT2D eigenvalue weighted by molar-refractivity contribution is 9.11. The molecule has 1 aromatic carbocycles. The Morgan fingerprint density at radius 1 is 1.05 bits per heavy atom. The second kappa shape index (κ2) is 6.55. The van der Waals surface area contributed by atoms with Crippen molar-refractivity contribution in [3.05, 3.63) is 50.6 Å². The fraction of sp³-hybridized carbons (Fsp3) is 0.333. The van der Waals surface area contributed by atoms with E-state index in [1.54, 1.807) is 18.4 Å². The number of nitrogens with one attached hydrogen (secondary N) is 1. The molecule has 0 aliphatic carbocycles. The number of hydrogen-bond acceptors (Lipinski definition) is 3. The van der Waals surface area contributed by atoms with E-state index in [9.17, 15) is 0 Å². The summed E-state index contributed by atoms with van der Waals surface area (Å²) in [5, 5.41) is 3.61. The number of ether oxygens (including phenoxy) is 1. The predicted molar refractivity (Wildman–Crippen MR) is 85.0 cm³/mol. The van der Waals surface area contributed by atoms with E-state index in [0.29, 0.717) is 12.1 Å². The Kier molecular flexibility index (Phi) is 5.02. The maximum absolute atomic E-state index is 5.18. The van der Waals surface area contributed by atoms with E-state index in [1.807, 2.05) is 12.1 Å². The van der Waals surface area contributed by atoms with Gasteiger partial charge in [0.25, 0.3) is 0 Å². The van der Waals surface area contributed by atoms with Gasteiger partial charge in [0.1, 0.15) is 5.75 Å². The molecule has 0 aliphatic heterocycles. The van der Waals surface area contributed by atoms with Crippen LogP contribution in [0.25, 0.3) is 0 Å². The van der Waals surface area contributed by atoms with Gasteiger partial charge in [-0.05, 0) is 59.6 Å². The lowest BCUT2D eigenvalue weighted by atomic mass is 10.1. The maximum atomic E-state index is 5.18. The van der Waals surface area contributed by atoms with Gasteiger partial charge < -0.3 is 10.1 Å². The molecule has 4 heteroatoms. The van der Waals surface area contributed by atoms with E-state index >= 15 is 0 Å². The molecule has 19 heavy (non-hydrogen) atoms. The van der Waals surface area contributed by atoms with Crippen molar-refractivity contribution in [3.63, 3.8) is 0 Å². The van der Waals surface area contributed by atoms with E-state index in [4.69, 9.17) is 4.74 Å². The quantitative estimate of drug-likeness (QED) is 0.833. The van der Waals surface area contributed by atoms with Gasteiger partial charge in [0.15, 0.2) is 0 Å². The zero-order valence-electron chi connectivity index (χ0n) is 11.3. The molecule has 0 saturated carbocycles. The van der Waals surface area contributed by atoms with Crippen molar-refractivity contribution in [1.29, 1.82) is 0 Å². The van der Waals surface area contributed by atoms with Gasteiger partial charge in [-0.3, -0.25) is 0 Å². The second-order valence-corrected chi connectivity index (χ2v) is 7.02. The van der Waals surface area contributed by atoms with Gasteiger partial charge in [-0.2, -0.15) is 0 Å². The van der Waals surface area contributed by atoms with Gasteiger partial charge in [-0.1, -0.05) is 12.1 Å². The minimum Gasteiger partial charge on any atom is -0.497 e. The molecule has 0 spiro atoms. The number of halogens is 1. The average molecular weight is 340 g/mol. The molecular weight excluding hydrogens is 322 g/mol. The minimum absolute atomic E-state index is 0.307. The van der Waals surface area contributed by atoms with E-state index < -0.39 is 0 Å². The Morgan fingerprint density at radius 3 is 2.26 bits per heavy atom. The summed E-state index contributed by atoms with van der Waals surface area (Å²) < 4.78 is 6.35. The summed E-state index contributed by atoms with van der Waals surface area (Å²) in [7, 11) is 1.69. The van der Waals surface area contributed by atoms with Crippen LogP contribution < -0.4 is 10.1 Å². The molecule has 0 radical (unpaired) electrons. The zero-order valence-corrected chi connectivity index (χ0v) is 13.7. The first-order chi connectivity index (χ1) is 9.10. The van der Waals surface area contributed by atoms with Gasteiger partial charge in [0.05, 0.1) is 10.9 Å². The van der Waals surface area contributed by atoms with Crippen molar-refractivity contribution in [1.82, 2.24) is 5.32 Å². The van der Waals surface area contributed by atoms with Crippen molar-refractivity contribution < 1.29 is 4.74 Å². The molecule has 0 fully saturated rings. The predicted octanol–water partition coefficient (Wildman–Crippen LogP) is 4.93. The number of rotatable bonds is 5. The first-order valence-electron chi connectivity index (χ1n) is 6.25. The summed E-state index contributed by atoms with van der Waals surface area (Å²) in [5.74, 6) is 0.895. The second-order valence-electron chi connectivity index (χ2n) is 4.53. The van der Waals surface area contributed by atoms with Crippen molar-refractivity contribution in [2.45, 2.75) is 25.9 Å². The third-order valence-corrected chi connectivity index (χ3v) is 4.94. The third kappa shape index (κ3) is 3.81. The topological polar surface area (TPSA) is 21.3 Å². The number of benzene rings is 1. The number of hydrogen-bond donors (Lipinski definition) is 1. The van der Waals surface area contributed by atoms with Crippen LogP contribution in [0, 0.1) is 0 Å². The Morgan fingerprint density at radius 2 is 1.74 bits per heavy atom. The summed E-state index contributed by atoms with van der Waals surface area (Å²) in [5.41, 5.74) is 1.27. The zero-order chi connectivity index (χ0) is 13.8. The molecule has 0 amide bonds. The Bertz CT molecular complexity index is 523. The SMILES string of the molecule is COc1ccc([C@@H](C)NC(C)c2ccc(Br)s2)cc1. The van der Waals surface area contributed by atoms with Crippen LogP contribution in [-0.2, 0) is 0 Å².